The first-order valence-corrected chi connectivity index (χ1v) is 8.93. The monoisotopic (exact) mass is 378 g/mol. The number of imidazole rings is 1. The summed E-state index contributed by atoms with van der Waals surface area (Å²) in [7, 11) is 0. The van der Waals surface area contributed by atoms with Crippen LogP contribution in [-0.2, 0) is 16.9 Å². The van der Waals surface area contributed by atoms with Crippen LogP contribution in [0, 0.1) is 6.92 Å². The maximum absolute atomic E-state index is 13.2. The molecule has 142 valence electrons. The molecular formula is C20H18N4O4. The fourth-order valence-electron chi connectivity index (χ4n) is 3.69. The van der Waals surface area contributed by atoms with Crippen LogP contribution in [0.15, 0.2) is 42.7 Å². The number of nitrogens with one attached hydrogen (secondary N) is 1. The van der Waals surface area contributed by atoms with Crippen molar-refractivity contribution in [3.63, 3.8) is 0 Å². The summed E-state index contributed by atoms with van der Waals surface area (Å²) in [6.45, 7) is 3.91. The summed E-state index contributed by atoms with van der Waals surface area (Å²) < 4.78 is 12.6. The van der Waals surface area contributed by atoms with E-state index in [0.29, 0.717) is 22.8 Å². The molecule has 8 nitrogen and oxygen atoms in total. The number of aromatic nitrogens is 2. The molecule has 2 aliphatic heterocycles. The Balaban J connectivity index is 1.46. The zero-order valence-electron chi connectivity index (χ0n) is 15.4. The van der Waals surface area contributed by atoms with E-state index in [0.717, 1.165) is 11.2 Å². The number of urea groups is 1. The fraction of sp³-hybridized carbons (Fsp3) is 0.250. The third kappa shape index (κ3) is 2.34. The summed E-state index contributed by atoms with van der Waals surface area (Å²) >= 11 is 0. The van der Waals surface area contributed by atoms with Crippen molar-refractivity contribution in [1.82, 2.24) is 19.6 Å². The van der Waals surface area contributed by atoms with Gasteiger partial charge in [0.25, 0.3) is 5.91 Å². The second-order valence-corrected chi connectivity index (χ2v) is 7.17. The number of nitrogens with zero attached hydrogens (tertiary/aromatic N) is 3. The first-order valence-electron chi connectivity index (χ1n) is 8.93. The molecule has 1 saturated heterocycles. The van der Waals surface area contributed by atoms with Gasteiger partial charge in [0.2, 0.25) is 6.79 Å². The van der Waals surface area contributed by atoms with Crippen molar-refractivity contribution in [3.8, 4) is 11.5 Å². The van der Waals surface area contributed by atoms with Crippen molar-refractivity contribution in [3.05, 3.63) is 59.5 Å². The smallest absolute Gasteiger partial charge is 0.325 e. The van der Waals surface area contributed by atoms with Gasteiger partial charge in [-0.2, -0.15) is 0 Å². The van der Waals surface area contributed by atoms with E-state index in [4.69, 9.17) is 9.47 Å². The zero-order valence-corrected chi connectivity index (χ0v) is 15.4. The predicted octanol–water partition coefficient (Wildman–Crippen LogP) is 2.34. The van der Waals surface area contributed by atoms with Crippen LogP contribution < -0.4 is 14.8 Å². The minimum atomic E-state index is -1.17. The number of carbonyl (C=O) groups is 2. The molecule has 0 spiro atoms. The van der Waals surface area contributed by atoms with Gasteiger partial charge in [-0.1, -0.05) is 12.1 Å². The summed E-state index contributed by atoms with van der Waals surface area (Å²) in [5, 5.41) is 2.81. The number of hydrogen-bond donors (Lipinski definition) is 1. The largest absolute Gasteiger partial charge is 0.454 e. The summed E-state index contributed by atoms with van der Waals surface area (Å²) in [5.41, 5.74) is 1.95. The summed E-state index contributed by atoms with van der Waals surface area (Å²) in [6, 6.07) is 8.70. The maximum Gasteiger partial charge on any atom is 0.325 e. The van der Waals surface area contributed by atoms with Gasteiger partial charge in [-0.05, 0) is 43.2 Å². The Hall–Kier alpha value is -3.55. The standard InChI is InChI=1S/C20H18N4O4/c1-12-4-3-7-23-9-14(21-17(12)23)10-24-18(25)20(2,22-19(24)26)13-5-6-15-16(8-13)28-11-27-15/h3-9H,10-11H2,1-2H3,(H,22,26)/t20-/m1/s1. The topological polar surface area (TPSA) is 85.2 Å². The van der Waals surface area contributed by atoms with Crippen molar-refractivity contribution in [2.24, 2.45) is 0 Å². The number of imide groups is 1. The van der Waals surface area contributed by atoms with E-state index >= 15 is 0 Å². The highest BCUT2D eigenvalue weighted by atomic mass is 16.7. The molecule has 0 unspecified atom stereocenters. The van der Waals surface area contributed by atoms with Crippen LogP contribution in [0.4, 0.5) is 4.79 Å². The summed E-state index contributed by atoms with van der Waals surface area (Å²) in [6.07, 6.45) is 3.72. The van der Waals surface area contributed by atoms with Gasteiger partial charge < -0.3 is 19.2 Å². The quantitative estimate of drug-likeness (QED) is 0.707. The Morgan fingerprint density at radius 1 is 1.21 bits per heavy atom. The molecule has 3 amide bonds. The van der Waals surface area contributed by atoms with Crippen molar-refractivity contribution >= 4 is 17.6 Å². The van der Waals surface area contributed by atoms with Crippen LogP contribution in [0.25, 0.3) is 5.65 Å². The van der Waals surface area contributed by atoms with Crippen LogP contribution in [0.1, 0.15) is 23.7 Å². The second-order valence-electron chi connectivity index (χ2n) is 7.17. The Morgan fingerprint density at radius 3 is 2.86 bits per heavy atom. The predicted molar refractivity (Wildman–Crippen MR) is 98.9 cm³/mol. The van der Waals surface area contributed by atoms with Crippen molar-refractivity contribution in [1.29, 1.82) is 0 Å². The molecule has 28 heavy (non-hydrogen) atoms. The third-order valence-corrected chi connectivity index (χ3v) is 5.27. The van der Waals surface area contributed by atoms with Gasteiger partial charge in [-0.25, -0.2) is 9.78 Å². The van der Waals surface area contributed by atoms with E-state index in [9.17, 15) is 9.59 Å². The van der Waals surface area contributed by atoms with E-state index in [1.165, 1.54) is 4.90 Å². The van der Waals surface area contributed by atoms with Crippen molar-refractivity contribution < 1.29 is 19.1 Å². The van der Waals surface area contributed by atoms with E-state index < -0.39 is 11.6 Å². The van der Waals surface area contributed by atoms with Gasteiger partial charge in [-0.15, -0.1) is 0 Å². The number of pyridine rings is 1. The van der Waals surface area contributed by atoms with Crippen LogP contribution in [0.5, 0.6) is 11.5 Å². The maximum atomic E-state index is 13.2. The SMILES string of the molecule is Cc1cccn2cc(CN3C(=O)N[C@](C)(c4ccc5c(c4)OCO5)C3=O)nc12. The van der Waals surface area contributed by atoms with Gasteiger partial charge in [-0.3, -0.25) is 9.69 Å². The average Bonchev–Trinajstić information content (AvgIpc) is 3.36. The highest BCUT2D eigenvalue weighted by Crippen LogP contribution is 2.38. The number of carbonyl (C=O) groups excluding carboxylic acids is 2. The van der Waals surface area contributed by atoms with Crippen molar-refractivity contribution in [2.75, 3.05) is 6.79 Å². The van der Waals surface area contributed by atoms with E-state index in [2.05, 4.69) is 10.3 Å². The molecule has 1 aromatic carbocycles. The minimum absolute atomic E-state index is 0.103. The first kappa shape index (κ1) is 16.6. The highest BCUT2D eigenvalue weighted by molar-refractivity contribution is 6.07. The number of aryl methyl sites for hydroxylation is 1. The molecule has 0 radical (unpaired) electrons. The van der Waals surface area contributed by atoms with Crippen LogP contribution in [0.3, 0.4) is 0 Å². The average molecular weight is 378 g/mol. The zero-order chi connectivity index (χ0) is 19.5. The molecule has 4 heterocycles. The lowest BCUT2D eigenvalue weighted by molar-refractivity contribution is -0.131. The second kappa shape index (κ2) is 5.72. The summed E-state index contributed by atoms with van der Waals surface area (Å²) in [5.74, 6) is 0.862. The number of rotatable bonds is 3. The number of ether oxygens (including phenoxy) is 2. The molecule has 1 fully saturated rings. The van der Waals surface area contributed by atoms with Gasteiger partial charge in [0.1, 0.15) is 11.2 Å². The summed E-state index contributed by atoms with van der Waals surface area (Å²) in [4.78, 5) is 31.5. The molecule has 2 aromatic heterocycles. The lowest BCUT2D eigenvalue weighted by atomic mass is 9.91. The molecule has 1 atom stereocenters. The Labute approximate surface area is 160 Å². The molecule has 0 bridgehead atoms. The van der Waals surface area contributed by atoms with E-state index in [1.807, 2.05) is 35.9 Å². The van der Waals surface area contributed by atoms with Crippen molar-refractivity contribution in [2.45, 2.75) is 25.9 Å². The van der Waals surface area contributed by atoms with Crippen LogP contribution in [0.2, 0.25) is 0 Å². The molecular weight excluding hydrogens is 360 g/mol. The van der Waals surface area contributed by atoms with E-state index in [1.54, 1.807) is 25.1 Å². The van der Waals surface area contributed by atoms with Gasteiger partial charge in [0.15, 0.2) is 11.5 Å². The van der Waals surface area contributed by atoms with Gasteiger partial charge in [0.05, 0.1) is 12.2 Å². The molecule has 8 heteroatoms. The highest BCUT2D eigenvalue weighted by Gasteiger charge is 2.49. The fourth-order valence-corrected chi connectivity index (χ4v) is 3.69. The Bertz CT molecular complexity index is 1140. The number of hydrogen-bond acceptors (Lipinski definition) is 5. The Kier molecular flexibility index (Phi) is 3.39. The molecule has 0 saturated carbocycles. The third-order valence-electron chi connectivity index (χ3n) is 5.27. The lowest BCUT2D eigenvalue weighted by Crippen LogP contribution is -2.40. The molecule has 0 aliphatic carbocycles. The molecule has 2 aliphatic rings. The van der Waals surface area contributed by atoms with Gasteiger partial charge in [0, 0.05) is 12.4 Å². The Morgan fingerprint density at radius 2 is 2.04 bits per heavy atom. The normalized spacial score (nSPS) is 20.9. The molecule has 3 aromatic rings. The molecule has 5 rings (SSSR count). The minimum Gasteiger partial charge on any atom is -0.454 e. The van der Waals surface area contributed by atoms with E-state index in [-0.39, 0.29) is 19.2 Å². The number of fused-ring (bicyclic) bond motifs is 2. The molecule has 1 N–H and O–H groups in total. The lowest BCUT2D eigenvalue weighted by Gasteiger charge is -2.22. The number of benzene rings is 1. The number of amides is 3. The van der Waals surface area contributed by atoms with Crippen LogP contribution >= 0.6 is 0 Å². The first-order chi connectivity index (χ1) is 13.5. The van der Waals surface area contributed by atoms with Crippen LogP contribution in [-0.4, -0.2) is 33.0 Å². The van der Waals surface area contributed by atoms with Gasteiger partial charge >= 0.3 is 6.03 Å².